The predicted octanol–water partition coefficient (Wildman–Crippen LogP) is -3.10. The van der Waals surface area contributed by atoms with Crippen molar-refractivity contribution in [1.82, 2.24) is 0 Å². The molecule has 0 heterocycles. The van der Waals surface area contributed by atoms with Crippen molar-refractivity contribution in [2.75, 3.05) is 0 Å². The zero-order chi connectivity index (χ0) is 4.50. The van der Waals surface area contributed by atoms with Gasteiger partial charge in [0, 0.05) is 4.70 Å². The quantitative estimate of drug-likeness (QED) is 0.356. The molecule has 0 atom stereocenters. The third-order valence-electron chi connectivity index (χ3n) is 0. The summed E-state index contributed by atoms with van der Waals surface area (Å²) in [6, 6.07) is 0. The zero-order valence-electron chi connectivity index (χ0n) is 3.37. The fourth-order valence-corrected chi connectivity index (χ4v) is 0. The van der Waals surface area contributed by atoms with E-state index in [0.717, 1.165) is 0 Å². The van der Waals surface area contributed by atoms with Crippen molar-refractivity contribution in [2.24, 2.45) is 0 Å². The summed E-state index contributed by atoms with van der Waals surface area (Å²) in [6.45, 7) is 0. The molecule has 0 aromatic rings. The molecule has 45 valence electrons. The van der Waals surface area contributed by atoms with Crippen molar-refractivity contribution < 1.29 is 23.9 Å². The molecule has 0 amide bonds. The van der Waals surface area contributed by atoms with Crippen LogP contribution in [0.2, 0.25) is 0 Å². The van der Waals surface area contributed by atoms with Gasteiger partial charge in [-0.2, -0.15) is 0 Å². The summed E-state index contributed by atoms with van der Waals surface area (Å²) < 4.78 is 0. The first-order chi connectivity index (χ1) is 2.00. The second-order valence-electron chi connectivity index (χ2n) is 0.600. The Bertz CT molecular complexity index is 27.2. The van der Waals surface area contributed by atoms with Crippen LogP contribution in [-0.2, 0) is 0 Å². The normalized spacial score (nSPS) is 8.57. The van der Waals surface area contributed by atoms with Crippen LogP contribution in [0.1, 0.15) is 0 Å². The first kappa shape index (κ1) is 15.7. The van der Waals surface area contributed by atoms with E-state index in [9.17, 15) is 0 Å². The van der Waals surface area contributed by atoms with Gasteiger partial charge in [0.15, 0.2) is 0 Å². The van der Waals surface area contributed by atoms with Gasteiger partial charge < -0.3 is 19.2 Å². The molecule has 4 N–H and O–H groups in total. The van der Waals surface area contributed by atoms with Crippen molar-refractivity contribution in [3.63, 3.8) is 0 Å². The molecule has 0 aliphatic rings. The van der Waals surface area contributed by atoms with Gasteiger partial charge in [0.2, 0.25) is 0 Å². The van der Waals surface area contributed by atoms with Crippen molar-refractivity contribution in [3.05, 3.63) is 0 Å². The summed E-state index contributed by atoms with van der Waals surface area (Å²) in [7, 11) is -4.61. The molecule has 0 aromatic carbocycles. The fraction of sp³-hybridized carbons (Fsp3) is 0. The standard InChI is InChI=1S/F.H4O4Si.Pb.2H/c;1-5(2,3)4;;;/h;1-4H;;;. The second kappa shape index (κ2) is 5.05. The van der Waals surface area contributed by atoms with E-state index in [0.29, 0.717) is 0 Å². The van der Waals surface area contributed by atoms with Crippen LogP contribution in [0.5, 0.6) is 0 Å². The molecule has 0 spiro atoms. The van der Waals surface area contributed by atoms with Crippen molar-refractivity contribution in [2.45, 2.75) is 0 Å². The Morgan fingerprint density at radius 3 is 0.857 bits per heavy atom. The van der Waals surface area contributed by atoms with Crippen LogP contribution in [0, 0.1) is 0 Å². The van der Waals surface area contributed by atoms with Crippen molar-refractivity contribution in [1.29, 1.82) is 0 Å². The van der Waals surface area contributed by atoms with Gasteiger partial charge in [0.05, 0.1) is 0 Å². The zero-order valence-corrected chi connectivity index (χ0v) is 9.87. The summed E-state index contributed by atoms with van der Waals surface area (Å²) in [4.78, 5) is 29.3. The van der Waals surface area contributed by atoms with E-state index in [1.807, 2.05) is 0 Å². The van der Waals surface area contributed by atoms with Crippen LogP contribution in [0.25, 0.3) is 0 Å². The Hall–Kier alpha value is 0.909. The van der Waals surface area contributed by atoms with Crippen LogP contribution >= 0.6 is 0 Å². The van der Waals surface area contributed by atoms with E-state index >= 15 is 0 Å². The molecule has 4 nitrogen and oxygen atoms in total. The minimum absolute atomic E-state index is 0. The molecule has 0 saturated heterocycles. The van der Waals surface area contributed by atoms with E-state index in [2.05, 4.69) is 0 Å². The van der Waals surface area contributed by atoms with Gasteiger partial charge in [-0.15, -0.1) is 0 Å². The Kier molecular flexibility index (Phi) is 11.3. The molecular weight excluding hydrogens is 318 g/mol. The van der Waals surface area contributed by atoms with Crippen LogP contribution in [-0.4, -0.2) is 55.5 Å². The average Bonchev–Trinajstić information content (AvgIpc) is 0.722. The van der Waals surface area contributed by atoms with E-state index in [4.69, 9.17) is 19.2 Å². The third kappa shape index (κ3) is 202. The van der Waals surface area contributed by atoms with Gasteiger partial charge in [-0.25, -0.2) is 0 Å². The van der Waals surface area contributed by atoms with Gasteiger partial charge >= 0.3 is 36.3 Å². The van der Waals surface area contributed by atoms with Crippen molar-refractivity contribution in [3.8, 4) is 0 Å². The van der Waals surface area contributed by atoms with E-state index in [1.165, 1.54) is 0 Å². The number of rotatable bonds is 0. The monoisotopic (exact) mass is 325 g/mol. The minimum atomic E-state index is -4.61. The first-order valence-corrected chi connectivity index (χ1v) is 2.68. The number of hydrogen-bond acceptors (Lipinski definition) is 4. The Morgan fingerprint density at radius 2 is 0.857 bits per heavy atom. The molecule has 0 saturated carbocycles. The molecule has 0 unspecified atom stereocenters. The van der Waals surface area contributed by atoms with Crippen LogP contribution < -0.4 is 0 Å². The Balaban J connectivity index is -0.0000000800. The number of halogens is 1. The summed E-state index contributed by atoms with van der Waals surface area (Å²) in [5.74, 6) is 0. The topological polar surface area (TPSA) is 80.9 Å². The molecule has 0 bridgehead atoms. The molecule has 0 aliphatic carbocycles. The van der Waals surface area contributed by atoms with Gasteiger partial charge in [-0.1, -0.05) is 0 Å². The maximum absolute atomic E-state index is 7.33. The van der Waals surface area contributed by atoms with Gasteiger partial charge in [-0.3, -0.25) is 0 Å². The van der Waals surface area contributed by atoms with Gasteiger partial charge in [0.1, 0.15) is 0 Å². The molecular formula is H6FO4PbSi. The van der Waals surface area contributed by atoms with Gasteiger partial charge in [-0.05, 0) is 0 Å². The fourth-order valence-electron chi connectivity index (χ4n) is 0. The molecule has 7 heavy (non-hydrogen) atoms. The van der Waals surface area contributed by atoms with E-state index < -0.39 is 9.05 Å². The molecule has 0 fully saturated rings. The summed E-state index contributed by atoms with van der Waals surface area (Å²) in [6.07, 6.45) is 0. The average molecular weight is 324 g/mol. The number of hydrogen-bond donors (Lipinski definition) is 4. The van der Waals surface area contributed by atoms with Crippen LogP contribution in [0.4, 0.5) is 4.70 Å². The predicted molar refractivity (Wildman–Crippen MR) is 24.3 cm³/mol. The summed E-state index contributed by atoms with van der Waals surface area (Å²) in [5, 5.41) is 0. The SMILES string of the molecule is O[Si](O)(O)O.[F].[PbH2]. The van der Waals surface area contributed by atoms with Crippen LogP contribution in [0.3, 0.4) is 0 Å². The third-order valence-corrected chi connectivity index (χ3v) is 0. The Labute approximate surface area is 60.4 Å². The van der Waals surface area contributed by atoms with E-state index in [-0.39, 0.29) is 32.0 Å². The maximum atomic E-state index is 7.33. The second-order valence-corrected chi connectivity index (χ2v) is 1.80. The van der Waals surface area contributed by atoms with Crippen molar-refractivity contribution >= 4 is 36.3 Å². The summed E-state index contributed by atoms with van der Waals surface area (Å²) in [5.41, 5.74) is 0. The van der Waals surface area contributed by atoms with Gasteiger partial charge in [0.25, 0.3) is 0 Å². The Morgan fingerprint density at radius 1 is 0.857 bits per heavy atom. The molecule has 3 radical (unpaired) electrons. The van der Waals surface area contributed by atoms with E-state index in [1.54, 1.807) is 0 Å². The molecule has 7 heteroatoms. The molecule has 0 aromatic heterocycles. The van der Waals surface area contributed by atoms with Crippen LogP contribution in [0.15, 0.2) is 0 Å². The first-order valence-electron chi connectivity index (χ1n) is 0.894. The summed E-state index contributed by atoms with van der Waals surface area (Å²) >= 11 is 0. The molecule has 0 aliphatic heterocycles. The molecule has 0 rings (SSSR count).